The lowest BCUT2D eigenvalue weighted by Gasteiger charge is -2.21. The molecule has 0 saturated carbocycles. The number of hydrogen-bond donors (Lipinski definition) is 1. The standard InChI is InChI=1S/C21H22Cl3N5OS/c1-12(28(3)4)19-26-27-21(29(19)16-8-5-14(22)6-9-16)31-13(2)20(30)25-18-11-15(23)7-10-17(18)24/h5-13H,1-4H3,(H,25,30). The van der Waals surface area contributed by atoms with Gasteiger partial charge >= 0.3 is 0 Å². The molecule has 3 aromatic rings. The Balaban J connectivity index is 1.88. The van der Waals surface area contributed by atoms with Gasteiger partial charge in [0.05, 0.1) is 22.0 Å². The van der Waals surface area contributed by atoms with Gasteiger partial charge in [0.2, 0.25) is 5.91 Å². The highest BCUT2D eigenvalue weighted by Gasteiger charge is 2.24. The van der Waals surface area contributed by atoms with Crippen molar-refractivity contribution in [1.29, 1.82) is 0 Å². The maximum atomic E-state index is 12.8. The van der Waals surface area contributed by atoms with E-state index >= 15 is 0 Å². The van der Waals surface area contributed by atoms with Gasteiger partial charge in [-0.1, -0.05) is 46.6 Å². The highest BCUT2D eigenvalue weighted by molar-refractivity contribution is 8.00. The Labute approximate surface area is 200 Å². The van der Waals surface area contributed by atoms with Crippen molar-refractivity contribution in [2.24, 2.45) is 0 Å². The van der Waals surface area contributed by atoms with Gasteiger partial charge in [0, 0.05) is 15.7 Å². The normalized spacial score (nSPS) is 13.3. The fraction of sp³-hybridized carbons (Fsp3) is 0.286. The summed E-state index contributed by atoms with van der Waals surface area (Å²) in [5.41, 5.74) is 1.33. The molecule has 1 amide bonds. The molecular weight excluding hydrogens is 477 g/mol. The lowest BCUT2D eigenvalue weighted by atomic mass is 10.2. The third-order valence-corrected chi connectivity index (χ3v) is 6.59. The van der Waals surface area contributed by atoms with Crippen molar-refractivity contribution in [3.05, 3.63) is 63.4 Å². The number of nitrogens with one attached hydrogen (secondary N) is 1. The van der Waals surface area contributed by atoms with Gasteiger partial charge in [0.1, 0.15) is 0 Å². The zero-order valence-corrected chi connectivity index (χ0v) is 20.5. The van der Waals surface area contributed by atoms with Crippen molar-refractivity contribution < 1.29 is 4.79 Å². The second-order valence-corrected chi connectivity index (χ2v) is 9.75. The molecule has 6 nitrogen and oxygen atoms in total. The summed E-state index contributed by atoms with van der Waals surface area (Å²) >= 11 is 19.6. The average Bonchev–Trinajstić information content (AvgIpc) is 3.13. The first kappa shape index (κ1) is 23.9. The van der Waals surface area contributed by atoms with Gasteiger partial charge in [-0.2, -0.15) is 0 Å². The maximum Gasteiger partial charge on any atom is 0.237 e. The van der Waals surface area contributed by atoms with Crippen LogP contribution in [0, 0.1) is 0 Å². The highest BCUT2D eigenvalue weighted by Crippen LogP contribution is 2.31. The summed E-state index contributed by atoms with van der Waals surface area (Å²) in [5, 5.41) is 13.3. The molecule has 10 heteroatoms. The molecule has 31 heavy (non-hydrogen) atoms. The number of carbonyl (C=O) groups is 1. The lowest BCUT2D eigenvalue weighted by molar-refractivity contribution is -0.115. The maximum absolute atomic E-state index is 12.8. The molecular formula is C21H22Cl3N5OS. The number of aromatic nitrogens is 3. The third-order valence-electron chi connectivity index (χ3n) is 4.73. The number of amides is 1. The summed E-state index contributed by atoms with van der Waals surface area (Å²) < 4.78 is 1.95. The summed E-state index contributed by atoms with van der Waals surface area (Å²) in [6, 6.07) is 12.4. The van der Waals surface area contributed by atoms with Crippen LogP contribution < -0.4 is 5.32 Å². The number of halogens is 3. The Hall–Kier alpha value is -1.77. The zero-order valence-electron chi connectivity index (χ0n) is 17.4. The van der Waals surface area contributed by atoms with Gasteiger partial charge in [-0.05, 0) is 70.4 Å². The van der Waals surface area contributed by atoms with Gasteiger partial charge < -0.3 is 5.32 Å². The van der Waals surface area contributed by atoms with E-state index in [1.807, 2.05) is 54.8 Å². The minimum atomic E-state index is -0.465. The Kier molecular flexibility index (Phi) is 7.88. The molecule has 3 rings (SSSR count). The van der Waals surface area contributed by atoms with E-state index in [0.717, 1.165) is 11.5 Å². The molecule has 1 aromatic heterocycles. The SMILES string of the molecule is CC(Sc1nnc(C(C)N(C)C)n1-c1ccc(Cl)cc1)C(=O)Nc1cc(Cl)ccc1Cl. The Morgan fingerprint density at radius 2 is 1.68 bits per heavy atom. The molecule has 0 radical (unpaired) electrons. The molecule has 0 bridgehead atoms. The number of rotatable bonds is 7. The van der Waals surface area contributed by atoms with Crippen LogP contribution in [0.25, 0.3) is 5.69 Å². The number of hydrogen-bond acceptors (Lipinski definition) is 5. The molecule has 0 aliphatic carbocycles. The molecule has 1 heterocycles. The van der Waals surface area contributed by atoms with Crippen LogP contribution in [0.4, 0.5) is 5.69 Å². The van der Waals surface area contributed by atoms with Gasteiger partial charge in [-0.3, -0.25) is 14.3 Å². The summed E-state index contributed by atoms with van der Waals surface area (Å²) in [4.78, 5) is 14.8. The first-order valence-electron chi connectivity index (χ1n) is 9.47. The summed E-state index contributed by atoms with van der Waals surface area (Å²) in [6.07, 6.45) is 0. The molecule has 0 aliphatic heterocycles. The molecule has 164 valence electrons. The average molecular weight is 499 g/mol. The molecule has 2 aromatic carbocycles. The molecule has 2 atom stereocenters. The highest BCUT2D eigenvalue weighted by atomic mass is 35.5. The predicted octanol–water partition coefficient (Wildman–Crippen LogP) is 5.97. The first-order valence-corrected chi connectivity index (χ1v) is 11.5. The minimum absolute atomic E-state index is 0.00641. The first-order chi connectivity index (χ1) is 14.7. The van der Waals surface area contributed by atoms with Crippen molar-refractivity contribution in [2.45, 2.75) is 30.3 Å². The molecule has 0 fully saturated rings. The van der Waals surface area contributed by atoms with Crippen LogP contribution in [0.1, 0.15) is 25.7 Å². The minimum Gasteiger partial charge on any atom is -0.324 e. The number of anilines is 1. The van der Waals surface area contributed by atoms with E-state index in [4.69, 9.17) is 34.8 Å². The summed E-state index contributed by atoms with van der Waals surface area (Å²) in [7, 11) is 3.95. The van der Waals surface area contributed by atoms with Gasteiger partial charge in [-0.25, -0.2) is 0 Å². The van der Waals surface area contributed by atoms with E-state index < -0.39 is 5.25 Å². The number of carbonyl (C=O) groups excluding carboxylic acids is 1. The van der Waals surface area contributed by atoms with Gasteiger partial charge in [0.25, 0.3) is 0 Å². The Morgan fingerprint density at radius 1 is 1.03 bits per heavy atom. The Bertz CT molecular complexity index is 1070. The monoisotopic (exact) mass is 497 g/mol. The smallest absolute Gasteiger partial charge is 0.237 e. The van der Waals surface area contributed by atoms with Crippen LogP contribution >= 0.6 is 46.6 Å². The summed E-state index contributed by atoms with van der Waals surface area (Å²) in [6.45, 7) is 3.84. The second-order valence-electron chi connectivity index (χ2n) is 7.17. The van der Waals surface area contributed by atoms with Crippen LogP contribution in [-0.2, 0) is 4.79 Å². The summed E-state index contributed by atoms with van der Waals surface area (Å²) in [5.74, 6) is 0.544. The molecule has 1 N–H and O–H groups in total. The van der Waals surface area contributed by atoms with Crippen LogP contribution in [0.5, 0.6) is 0 Å². The van der Waals surface area contributed by atoms with Crippen molar-refractivity contribution >= 4 is 58.2 Å². The van der Waals surface area contributed by atoms with E-state index in [1.54, 1.807) is 25.1 Å². The zero-order chi connectivity index (χ0) is 22.7. The molecule has 0 aliphatic rings. The molecule has 0 spiro atoms. The van der Waals surface area contributed by atoms with Crippen molar-refractivity contribution in [1.82, 2.24) is 19.7 Å². The van der Waals surface area contributed by atoms with E-state index in [2.05, 4.69) is 15.5 Å². The van der Waals surface area contributed by atoms with Crippen molar-refractivity contribution in [3.8, 4) is 5.69 Å². The largest absolute Gasteiger partial charge is 0.324 e. The van der Waals surface area contributed by atoms with E-state index in [9.17, 15) is 4.79 Å². The van der Waals surface area contributed by atoms with E-state index in [0.29, 0.717) is 25.9 Å². The number of thioether (sulfide) groups is 1. The fourth-order valence-corrected chi connectivity index (χ4v) is 4.07. The third kappa shape index (κ3) is 5.73. The predicted molar refractivity (Wildman–Crippen MR) is 129 cm³/mol. The van der Waals surface area contributed by atoms with Crippen LogP contribution in [0.3, 0.4) is 0 Å². The topological polar surface area (TPSA) is 63.1 Å². The number of benzene rings is 2. The number of nitrogens with zero attached hydrogens (tertiary/aromatic N) is 4. The van der Waals surface area contributed by atoms with Gasteiger partial charge in [-0.15, -0.1) is 10.2 Å². The molecule has 2 unspecified atom stereocenters. The lowest BCUT2D eigenvalue weighted by Crippen LogP contribution is -2.23. The van der Waals surface area contributed by atoms with Crippen molar-refractivity contribution in [2.75, 3.05) is 19.4 Å². The Morgan fingerprint density at radius 3 is 2.32 bits per heavy atom. The van der Waals surface area contributed by atoms with Gasteiger partial charge in [0.15, 0.2) is 11.0 Å². The van der Waals surface area contributed by atoms with Crippen LogP contribution in [0.2, 0.25) is 15.1 Å². The van der Waals surface area contributed by atoms with E-state index in [1.165, 1.54) is 11.8 Å². The van der Waals surface area contributed by atoms with Crippen LogP contribution in [0.15, 0.2) is 47.6 Å². The second kappa shape index (κ2) is 10.2. The molecule has 0 saturated heterocycles. The quantitative estimate of drug-likeness (QED) is 0.407. The van der Waals surface area contributed by atoms with Crippen LogP contribution in [-0.4, -0.2) is 44.9 Å². The van der Waals surface area contributed by atoms with Crippen molar-refractivity contribution in [3.63, 3.8) is 0 Å². The fourth-order valence-electron chi connectivity index (χ4n) is 2.73. The van der Waals surface area contributed by atoms with E-state index in [-0.39, 0.29) is 11.9 Å².